The molecule has 4 aromatic rings. The number of halogens is 1. The molecule has 2 saturated heterocycles. The van der Waals surface area contributed by atoms with Gasteiger partial charge in [0.1, 0.15) is 22.8 Å². The fourth-order valence-corrected chi connectivity index (χ4v) is 5.59. The number of nitrogens with one attached hydrogen (secondary N) is 1. The summed E-state index contributed by atoms with van der Waals surface area (Å²) < 4.78 is 22.4. The Morgan fingerprint density at radius 1 is 1.18 bits per heavy atom. The Morgan fingerprint density at radius 3 is 2.73 bits per heavy atom. The van der Waals surface area contributed by atoms with Gasteiger partial charge in [-0.2, -0.15) is 4.98 Å². The molecule has 3 aromatic heterocycles. The van der Waals surface area contributed by atoms with Gasteiger partial charge in [-0.05, 0) is 63.3 Å². The Balaban J connectivity index is 0.000000184. The molecule has 0 aliphatic carbocycles. The summed E-state index contributed by atoms with van der Waals surface area (Å²) in [4.78, 5) is 28.4. The molecule has 2 aliphatic heterocycles. The van der Waals surface area contributed by atoms with Gasteiger partial charge in [0.15, 0.2) is 5.82 Å². The summed E-state index contributed by atoms with van der Waals surface area (Å²) in [5.41, 5.74) is 3.36. The van der Waals surface area contributed by atoms with E-state index in [2.05, 4.69) is 45.5 Å². The zero-order valence-corrected chi connectivity index (χ0v) is 24.2. The van der Waals surface area contributed by atoms with E-state index in [4.69, 9.17) is 9.72 Å². The van der Waals surface area contributed by atoms with Crippen LogP contribution >= 0.6 is 0 Å². The van der Waals surface area contributed by atoms with Gasteiger partial charge < -0.3 is 19.5 Å². The molecule has 2 aliphatic rings. The van der Waals surface area contributed by atoms with E-state index >= 15 is 0 Å². The highest BCUT2D eigenvalue weighted by Gasteiger charge is 2.27. The summed E-state index contributed by atoms with van der Waals surface area (Å²) in [6, 6.07) is 8.88. The first-order valence-corrected chi connectivity index (χ1v) is 14.3. The van der Waals surface area contributed by atoms with E-state index in [9.17, 15) is 9.18 Å². The molecule has 0 spiro atoms. The maximum Gasteiger partial charge on any atom is 0.350 e. The molecule has 10 heteroatoms. The number of hydrogen-bond acceptors (Lipinski definition) is 7. The van der Waals surface area contributed by atoms with E-state index in [1.807, 2.05) is 19.1 Å². The highest BCUT2D eigenvalue weighted by atomic mass is 19.1. The number of hydrogen-bond donors (Lipinski definition) is 1. The molecule has 9 nitrogen and oxygen atoms in total. The van der Waals surface area contributed by atoms with Crippen molar-refractivity contribution in [2.24, 2.45) is 13.0 Å². The topological polar surface area (TPSA) is 90.1 Å². The number of fused-ring (bicyclic) bond motifs is 2. The predicted molar refractivity (Wildman–Crippen MR) is 156 cm³/mol. The van der Waals surface area contributed by atoms with Gasteiger partial charge in [0, 0.05) is 50.4 Å². The van der Waals surface area contributed by atoms with Gasteiger partial charge in [-0.3, -0.25) is 9.55 Å². The van der Waals surface area contributed by atoms with E-state index in [1.165, 1.54) is 12.1 Å². The normalized spacial score (nSPS) is 19.4. The largest absolute Gasteiger partial charge is 0.376 e. The van der Waals surface area contributed by atoms with E-state index in [0.717, 1.165) is 85.6 Å². The molecule has 2 fully saturated rings. The van der Waals surface area contributed by atoms with E-state index in [0.29, 0.717) is 11.7 Å². The second-order valence-corrected chi connectivity index (χ2v) is 11.3. The van der Waals surface area contributed by atoms with Crippen LogP contribution in [0, 0.1) is 18.7 Å². The summed E-state index contributed by atoms with van der Waals surface area (Å²) in [5, 5.41) is 4.24. The number of imidazole rings is 1. The van der Waals surface area contributed by atoms with Crippen molar-refractivity contribution >= 4 is 27.9 Å². The van der Waals surface area contributed by atoms with Crippen LogP contribution in [0.3, 0.4) is 0 Å². The van der Waals surface area contributed by atoms with E-state index < -0.39 is 0 Å². The molecule has 214 valence electrons. The van der Waals surface area contributed by atoms with Crippen LogP contribution in [0.4, 0.5) is 10.2 Å². The van der Waals surface area contributed by atoms with Crippen molar-refractivity contribution in [3.63, 3.8) is 0 Å². The molecule has 0 radical (unpaired) electrons. The van der Waals surface area contributed by atoms with Crippen LogP contribution < -0.4 is 15.9 Å². The Kier molecular flexibility index (Phi) is 8.46. The lowest BCUT2D eigenvalue weighted by Crippen LogP contribution is -2.50. The van der Waals surface area contributed by atoms with Crippen molar-refractivity contribution in [2.75, 3.05) is 31.1 Å². The third kappa shape index (κ3) is 6.02. The number of piperazine rings is 1. The summed E-state index contributed by atoms with van der Waals surface area (Å²) in [5.74, 6) is 2.00. The SMILES string of the molecule is CC(C)Cc1ccc2cc(F)ccc2n1.Cc1nc2c(N3CCNCC3C)nc(=O)n(C)c2n1CC1CCCO1. The van der Waals surface area contributed by atoms with Gasteiger partial charge in [0.25, 0.3) is 0 Å². The van der Waals surface area contributed by atoms with Crippen molar-refractivity contribution in [2.45, 2.75) is 65.6 Å². The fourth-order valence-electron chi connectivity index (χ4n) is 5.59. The minimum atomic E-state index is -0.235. The maximum absolute atomic E-state index is 12.9. The lowest BCUT2D eigenvalue weighted by atomic mass is 10.1. The van der Waals surface area contributed by atoms with Gasteiger partial charge >= 0.3 is 5.69 Å². The fraction of sp³-hybridized carbons (Fsp3) is 0.533. The smallest absolute Gasteiger partial charge is 0.350 e. The summed E-state index contributed by atoms with van der Waals surface area (Å²) in [6.07, 6.45) is 3.31. The average Bonchev–Trinajstić information content (AvgIpc) is 3.55. The van der Waals surface area contributed by atoms with Crippen molar-refractivity contribution < 1.29 is 9.13 Å². The van der Waals surface area contributed by atoms with Gasteiger partial charge in [0.2, 0.25) is 0 Å². The molecular formula is C30H40FN7O2. The quantitative estimate of drug-likeness (QED) is 0.403. The molecule has 0 amide bonds. The Hall–Kier alpha value is -3.37. The van der Waals surface area contributed by atoms with Gasteiger partial charge in [-0.15, -0.1) is 0 Å². The van der Waals surface area contributed by atoms with Crippen LogP contribution in [0.15, 0.2) is 35.1 Å². The third-order valence-electron chi connectivity index (χ3n) is 7.66. The minimum Gasteiger partial charge on any atom is -0.376 e. The standard InChI is InChI=1S/C17H26N6O2.C13H14FN/c1-11-9-18-6-7-22(11)15-14-16(21(3)17(24)20-15)23(12(2)19-14)10-13-5-4-8-25-13;1-9(2)7-12-5-3-10-8-11(14)4-6-13(10)15-12/h11,13,18H,4-10H2,1-3H3;3-6,8-9H,7H2,1-2H3. The summed E-state index contributed by atoms with van der Waals surface area (Å²) in [7, 11) is 1.77. The van der Waals surface area contributed by atoms with Crippen LogP contribution in [0.2, 0.25) is 0 Å². The summed E-state index contributed by atoms with van der Waals surface area (Å²) >= 11 is 0. The van der Waals surface area contributed by atoms with Gasteiger partial charge in [-0.25, -0.2) is 14.2 Å². The van der Waals surface area contributed by atoms with Gasteiger partial charge in [0.05, 0.1) is 18.2 Å². The Bertz CT molecular complexity index is 1540. The first-order valence-electron chi connectivity index (χ1n) is 14.3. The number of anilines is 1. The van der Waals surface area contributed by atoms with E-state index in [1.54, 1.807) is 17.7 Å². The van der Waals surface area contributed by atoms with Crippen molar-refractivity contribution in [1.29, 1.82) is 0 Å². The molecule has 40 heavy (non-hydrogen) atoms. The lowest BCUT2D eigenvalue weighted by molar-refractivity contribution is 0.0972. The first kappa shape index (κ1) is 28.2. The second kappa shape index (κ2) is 12.0. The predicted octanol–water partition coefficient (Wildman–Crippen LogP) is 3.99. The lowest BCUT2D eigenvalue weighted by Gasteiger charge is -2.34. The minimum absolute atomic E-state index is 0.195. The molecule has 1 aromatic carbocycles. The number of aromatic nitrogens is 5. The molecule has 0 saturated carbocycles. The molecule has 1 N–H and O–H groups in total. The van der Waals surface area contributed by atoms with Crippen LogP contribution in [0.1, 0.15) is 45.1 Å². The van der Waals surface area contributed by atoms with Gasteiger partial charge in [-0.1, -0.05) is 19.9 Å². The third-order valence-corrected chi connectivity index (χ3v) is 7.66. The molecule has 2 unspecified atom stereocenters. The zero-order valence-electron chi connectivity index (χ0n) is 24.2. The second-order valence-electron chi connectivity index (χ2n) is 11.3. The van der Waals surface area contributed by atoms with Crippen LogP contribution in [0.25, 0.3) is 22.1 Å². The first-order chi connectivity index (χ1) is 19.2. The number of pyridine rings is 1. The molecular weight excluding hydrogens is 509 g/mol. The van der Waals surface area contributed by atoms with E-state index in [-0.39, 0.29) is 23.7 Å². The highest BCUT2D eigenvalue weighted by Crippen LogP contribution is 2.27. The molecule has 6 rings (SSSR count). The van der Waals surface area contributed by atoms with Crippen molar-refractivity contribution in [1.82, 2.24) is 29.4 Å². The number of ether oxygens (including phenoxy) is 1. The van der Waals surface area contributed by atoms with Crippen LogP contribution in [-0.2, 0) is 24.8 Å². The number of nitrogens with zero attached hydrogens (tertiary/aromatic N) is 6. The maximum atomic E-state index is 12.9. The number of aryl methyl sites for hydroxylation is 2. The van der Waals surface area contributed by atoms with Crippen molar-refractivity contribution in [3.8, 4) is 0 Å². The number of benzene rings is 1. The molecule has 5 heterocycles. The number of rotatable bonds is 5. The Labute approximate surface area is 234 Å². The van der Waals surface area contributed by atoms with Crippen LogP contribution in [0.5, 0.6) is 0 Å². The highest BCUT2D eigenvalue weighted by molar-refractivity contribution is 5.84. The molecule has 0 bridgehead atoms. The zero-order chi connectivity index (χ0) is 28.4. The molecule has 2 atom stereocenters. The Morgan fingerprint density at radius 2 is 2.00 bits per heavy atom. The average molecular weight is 550 g/mol. The van der Waals surface area contributed by atoms with Crippen molar-refractivity contribution in [3.05, 3.63) is 58.2 Å². The summed E-state index contributed by atoms with van der Waals surface area (Å²) in [6.45, 7) is 12.6. The van der Waals surface area contributed by atoms with Crippen LogP contribution in [-0.4, -0.2) is 62.5 Å². The monoisotopic (exact) mass is 549 g/mol.